The first-order valence-corrected chi connectivity index (χ1v) is 8.37. The van der Waals surface area contributed by atoms with Gasteiger partial charge in [-0.25, -0.2) is 4.79 Å². The summed E-state index contributed by atoms with van der Waals surface area (Å²) in [5.41, 5.74) is -1.09. The smallest absolute Gasteiger partial charge is 0.410 e. The molecule has 130 valence electrons. The monoisotopic (exact) mass is 324 g/mol. The SMILES string of the molecule is C[C@@H]1CC(=O)NC(=O)C2(CCN(C(=O)OC(C)(C)C)CC2)[C@@H]1C. The number of likely N-dealkylation sites (tertiary alicyclic amines) is 1. The van der Waals surface area contributed by atoms with Crippen molar-refractivity contribution in [3.05, 3.63) is 0 Å². The van der Waals surface area contributed by atoms with Crippen LogP contribution in [0.2, 0.25) is 0 Å². The van der Waals surface area contributed by atoms with Gasteiger partial charge in [0.15, 0.2) is 0 Å². The minimum atomic E-state index is -0.565. The van der Waals surface area contributed by atoms with Gasteiger partial charge in [-0.05, 0) is 45.4 Å². The van der Waals surface area contributed by atoms with E-state index in [2.05, 4.69) is 5.32 Å². The van der Waals surface area contributed by atoms with Crippen LogP contribution in [0.3, 0.4) is 0 Å². The predicted molar refractivity (Wildman–Crippen MR) is 85.6 cm³/mol. The molecule has 6 nitrogen and oxygen atoms in total. The average Bonchev–Trinajstić information content (AvgIpc) is 2.50. The number of ether oxygens (including phenoxy) is 1. The van der Waals surface area contributed by atoms with Gasteiger partial charge in [-0.1, -0.05) is 13.8 Å². The molecule has 1 spiro atoms. The molecule has 0 aromatic carbocycles. The zero-order chi connectivity index (χ0) is 17.4. The third kappa shape index (κ3) is 3.67. The summed E-state index contributed by atoms with van der Waals surface area (Å²) in [6.45, 7) is 10.5. The standard InChI is InChI=1S/C17H28N2O4/c1-11-10-13(20)18-14(21)17(12(11)2)6-8-19(9-7-17)15(22)23-16(3,4)5/h11-12H,6-10H2,1-5H3,(H,18,20,21)/t11-,12-/m1/s1. The van der Waals surface area contributed by atoms with Crippen LogP contribution in [0.15, 0.2) is 0 Å². The van der Waals surface area contributed by atoms with Gasteiger partial charge in [0.2, 0.25) is 11.8 Å². The molecule has 6 heteroatoms. The number of rotatable bonds is 0. The van der Waals surface area contributed by atoms with E-state index in [-0.39, 0.29) is 29.7 Å². The van der Waals surface area contributed by atoms with Crippen LogP contribution in [0.4, 0.5) is 4.79 Å². The van der Waals surface area contributed by atoms with Crippen LogP contribution in [-0.2, 0) is 14.3 Å². The Kier molecular flexibility index (Phi) is 4.74. The van der Waals surface area contributed by atoms with Gasteiger partial charge in [-0.2, -0.15) is 0 Å². The van der Waals surface area contributed by atoms with Crippen LogP contribution in [0.25, 0.3) is 0 Å². The van der Waals surface area contributed by atoms with Crippen molar-refractivity contribution in [2.75, 3.05) is 13.1 Å². The van der Waals surface area contributed by atoms with Crippen molar-refractivity contribution < 1.29 is 19.1 Å². The molecule has 0 radical (unpaired) electrons. The highest BCUT2D eigenvalue weighted by Gasteiger charge is 2.50. The number of nitrogens with one attached hydrogen (secondary N) is 1. The summed E-state index contributed by atoms with van der Waals surface area (Å²) < 4.78 is 5.40. The maximum absolute atomic E-state index is 12.6. The van der Waals surface area contributed by atoms with E-state index >= 15 is 0 Å². The van der Waals surface area contributed by atoms with Gasteiger partial charge in [-0.15, -0.1) is 0 Å². The molecule has 1 N–H and O–H groups in total. The van der Waals surface area contributed by atoms with Crippen molar-refractivity contribution in [1.82, 2.24) is 10.2 Å². The average molecular weight is 324 g/mol. The van der Waals surface area contributed by atoms with Crippen molar-refractivity contribution in [3.8, 4) is 0 Å². The summed E-state index contributed by atoms with van der Waals surface area (Å²) >= 11 is 0. The molecule has 2 aliphatic heterocycles. The Balaban J connectivity index is 2.10. The summed E-state index contributed by atoms with van der Waals surface area (Å²) in [4.78, 5) is 38.2. The second kappa shape index (κ2) is 6.13. The van der Waals surface area contributed by atoms with Gasteiger partial charge in [0, 0.05) is 19.5 Å². The van der Waals surface area contributed by atoms with E-state index in [0.717, 1.165) is 0 Å². The molecule has 23 heavy (non-hydrogen) atoms. The summed E-state index contributed by atoms with van der Waals surface area (Å²) in [6.07, 6.45) is 1.18. The number of piperidine rings is 1. The number of carbonyl (C=O) groups is 3. The van der Waals surface area contributed by atoms with Crippen molar-refractivity contribution in [3.63, 3.8) is 0 Å². The lowest BCUT2D eigenvalue weighted by molar-refractivity contribution is -0.140. The molecule has 3 amide bonds. The highest BCUT2D eigenvalue weighted by molar-refractivity contribution is 5.99. The van der Waals surface area contributed by atoms with Gasteiger partial charge in [-0.3, -0.25) is 14.9 Å². The molecule has 0 aromatic heterocycles. The van der Waals surface area contributed by atoms with Gasteiger partial charge in [0.25, 0.3) is 0 Å². The fourth-order valence-electron chi connectivity index (χ4n) is 3.62. The van der Waals surface area contributed by atoms with E-state index in [1.54, 1.807) is 4.90 Å². The zero-order valence-corrected chi connectivity index (χ0v) is 14.8. The Bertz CT molecular complexity index is 501. The van der Waals surface area contributed by atoms with E-state index in [4.69, 9.17) is 4.74 Å². The molecule has 2 fully saturated rings. The first kappa shape index (κ1) is 17.8. The molecule has 2 rings (SSSR count). The lowest BCUT2D eigenvalue weighted by Crippen LogP contribution is -2.53. The molecular weight excluding hydrogens is 296 g/mol. The number of hydrogen-bond donors (Lipinski definition) is 1. The fraction of sp³-hybridized carbons (Fsp3) is 0.824. The Hall–Kier alpha value is -1.59. The molecule has 2 aliphatic rings. The van der Waals surface area contributed by atoms with Crippen LogP contribution in [-0.4, -0.2) is 41.5 Å². The molecule has 0 bridgehead atoms. The summed E-state index contributed by atoms with van der Waals surface area (Å²) in [7, 11) is 0. The second-order valence-corrected chi connectivity index (χ2v) is 7.97. The predicted octanol–water partition coefficient (Wildman–Crippen LogP) is 2.32. The third-order valence-corrected chi connectivity index (χ3v) is 5.25. The van der Waals surface area contributed by atoms with Crippen LogP contribution < -0.4 is 5.32 Å². The van der Waals surface area contributed by atoms with E-state index in [1.165, 1.54) is 0 Å². The third-order valence-electron chi connectivity index (χ3n) is 5.25. The maximum atomic E-state index is 12.6. The number of amides is 3. The van der Waals surface area contributed by atoms with E-state index in [1.807, 2.05) is 34.6 Å². The van der Waals surface area contributed by atoms with Crippen molar-refractivity contribution >= 4 is 17.9 Å². The molecule has 2 atom stereocenters. The number of hydrogen-bond acceptors (Lipinski definition) is 4. The Morgan fingerprint density at radius 2 is 1.78 bits per heavy atom. The van der Waals surface area contributed by atoms with E-state index in [0.29, 0.717) is 32.4 Å². The number of nitrogens with zero attached hydrogens (tertiary/aromatic N) is 1. The van der Waals surface area contributed by atoms with Gasteiger partial charge in [0.05, 0.1) is 5.41 Å². The van der Waals surface area contributed by atoms with E-state index in [9.17, 15) is 14.4 Å². The molecule has 0 unspecified atom stereocenters. The number of imide groups is 1. The van der Waals surface area contributed by atoms with Crippen molar-refractivity contribution in [1.29, 1.82) is 0 Å². The fourth-order valence-corrected chi connectivity index (χ4v) is 3.62. The minimum Gasteiger partial charge on any atom is -0.444 e. The molecule has 2 heterocycles. The number of carbonyl (C=O) groups excluding carboxylic acids is 3. The van der Waals surface area contributed by atoms with Crippen LogP contribution in [0.1, 0.15) is 53.9 Å². The highest BCUT2D eigenvalue weighted by Crippen LogP contribution is 2.45. The first-order valence-electron chi connectivity index (χ1n) is 8.37. The van der Waals surface area contributed by atoms with Crippen LogP contribution >= 0.6 is 0 Å². The van der Waals surface area contributed by atoms with Crippen molar-refractivity contribution in [2.45, 2.75) is 59.5 Å². The lowest BCUT2D eigenvalue weighted by atomic mass is 9.65. The normalized spacial score (nSPS) is 28.3. The second-order valence-electron chi connectivity index (χ2n) is 7.97. The topological polar surface area (TPSA) is 75.7 Å². The van der Waals surface area contributed by atoms with Gasteiger partial charge >= 0.3 is 6.09 Å². The maximum Gasteiger partial charge on any atom is 0.410 e. The molecule has 0 aromatic rings. The largest absolute Gasteiger partial charge is 0.444 e. The van der Waals surface area contributed by atoms with Crippen molar-refractivity contribution in [2.24, 2.45) is 17.3 Å². The highest BCUT2D eigenvalue weighted by atomic mass is 16.6. The van der Waals surface area contributed by atoms with Gasteiger partial charge < -0.3 is 9.64 Å². The molecular formula is C17H28N2O4. The molecule has 2 saturated heterocycles. The first-order chi connectivity index (χ1) is 10.5. The van der Waals surface area contributed by atoms with Crippen LogP contribution in [0.5, 0.6) is 0 Å². The molecule has 0 aliphatic carbocycles. The zero-order valence-electron chi connectivity index (χ0n) is 14.8. The van der Waals surface area contributed by atoms with E-state index < -0.39 is 11.0 Å². The summed E-state index contributed by atoms with van der Waals surface area (Å²) in [5.74, 6) is -0.117. The minimum absolute atomic E-state index is 0.106. The Morgan fingerprint density at radius 3 is 2.30 bits per heavy atom. The van der Waals surface area contributed by atoms with Gasteiger partial charge in [0.1, 0.15) is 5.60 Å². The Morgan fingerprint density at radius 1 is 1.22 bits per heavy atom. The Labute approximate surface area is 137 Å². The van der Waals surface area contributed by atoms with Crippen LogP contribution in [0, 0.1) is 17.3 Å². The lowest BCUT2D eigenvalue weighted by Gasteiger charge is -2.44. The molecule has 0 saturated carbocycles. The summed E-state index contributed by atoms with van der Waals surface area (Å²) in [5, 5.41) is 2.53. The summed E-state index contributed by atoms with van der Waals surface area (Å²) in [6, 6.07) is 0. The quantitative estimate of drug-likeness (QED) is 0.694.